The fraction of sp³-hybridized carbons (Fsp3) is 0.348. The van der Waals surface area contributed by atoms with E-state index in [1.165, 1.54) is 28.7 Å². The molecule has 4 rings (SSSR count). The number of para-hydroxylation sites is 1. The average Bonchev–Trinajstić information content (AvgIpc) is 3.08. The van der Waals surface area contributed by atoms with Gasteiger partial charge in [0.2, 0.25) is 5.91 Å². The molecule has 1 N–H and O–H groups in total. The molecular formula is C23H25N3O3S. The lowest BCUT2D eigenvalue weighted by Gasteiger charge is -2.16. The molecule has 3 aromatic rings. The highest BCUT2D eigenvalue weighted by Gasteiger charge is 2.14. The SMILES string of the molecule is Cc1cccc(C)c1NC(=O)Cn1nc(COc2ccc3c(c2)CCCC3)oc1=S. The summed E-state index contributed by atoms with van der Waals surface area (Å²) in [7, 11) is 0. The zero-order chi connectivity index (χ0) is 21.1. The first-order valence-electron chi connectivity index (χ1n) is 10.2. The second kappa shape index (κ2) is 8.83. The van der Waals surface area contributed by atoms with E-state index in [1.807, 2.05) is 38.1 Å². The monoisotopic (exact) mass is 423 g/mol. The van der Waals surface area contributed by atoms with Crippen LogP contribution in [0.25, 0.3) is 0 Å². The van der Waals surface area contributed by atoms with Crippen molar-refractivity contribution >= 4 is 23.8 Å². The van der Waals surface area contributed by atoms with Crippen molar-refractivity contribution in [2.45, 2.75) is 52.7 Å². The molecule has 2 aromatic carbocycles. The van der Waals surface area contributed by atoms with E-state index >= 15 is 0 Å². The Balaban J connectivity index is 1.38. The largest absolute Gasteiger partial charge is 0.484 e. The Labute approximate surface area is 180 Å². The summed E-state index contributed by atoms with van der Waals surface area (Å²) in [5.74, 6) is 0.927. The zero-order valence-corrected chi connectivity index (χ0v) is 18.1. The molecule has 0 atom stereocenters. The van der Waals surface area contributed by atoms with E-state index < -0.39 is 0 Å². The van der Waals surface area contributed by atoms with Crippen molar-refractivity contribution in [1.82, 2.24) is 9.78 Å². The molecule has 6 nitrogen and oxygen atoms in total. The van der Waals surface area contributed by atoms with Gasteiger partial charge >= 0.3 is 0 Å². The van der Waals surface area contributed by atoms with Crippen LogP contribution in [-0.4, -0.2) is 15.7 Å². The number of nitrogens with one attached hydrogen (secondary N) is 1. The van der Waals surface area contributed by atoms with Gasteiger partial charge in [-0.05, 0) is 86.1 Å². The molecule has 0 radical (unpaired) electrons. The van der Waals surface area contributed by atoms with E-state index in [1.54, 1.807) is 0 Å². The Morgan fingerprint density at radius 3 is 2.67 bits per heavy atom. The van der Waals surface area contributed by atoms with Crippen LogP contribution in [0.4, 0.5) is 5.69 Å². The molecular weight excluding hydrogens is 398 g/mol. The summed E-state index contributed by atoms with van der Waals surface area (Å²) in [4.78, 5) is 12.6. The number of anilines is 1. The summed E-state index contributed by atoms with van der Waals surface area (Å²) in [6.45, 7) is 4.06. The number of amides is 1. The summed E-state index contributed by atoms with van der Waals surface area (Å²) in [6, 6.07) is 12.1. The van der Waals surface area contributed by atoms with Crippen molar-refractivity contribution in [2.24, 2.45) is 0 Å². The van der Waals surface area contributed by atoms with Crippen LogP contribution in [0, 0.1) is 18.7 Å². The van der Waals surface area contributed by atoms with Gasteiger partial charge in [-0.25, -0.2) is 4.68 Å². The van der Waals surface area contributed by atoms with Crippen LogP contribution in [0.15, 0.2) is 40.8 Å². The molecule has 0 saturated carbocycles. The number of aryl methyl sites for hydroxylation is 4. The third-order valence-electron chi connectivity index (χ3n) is 5.37. The van der Waals surface area contributed by atoms with Crippen LogP contribution >= 0.6 is 12.2 Å². The Morgan fingerprint density at radius 1 is 1.17 bits per heavy atom. The number of fused-ring (bicyclic) bond motifs is 1. The van der Waals surface area contributed by atoms with Crippen molar-refractivity contribution in [3.8, 4) is 5.75 Å². The number of rotatable bonds is 6. The van der Waals surface area contributed by atoms with Crippen LogP contribution in [0.3, 0.4) is 0 Å². The fourth-order valence-corrected chi connectivity index (χ4v) is 3.98. The number of ether oxygens (including phenoxy) is 1. The van der Waals surface area contributed by atoms with Gasteiger partial charge in [0.15, 0.2) is 6.61 Å². The van der Waals surface area contributed by atoms with Gasteiger partial charge in [0.1, 0.15) is 12.3 Å². The molecule has 1 aromatic heterocycles. The second-order valence-corrected chi connectivity index (χ2v) is 8.01. The molecule has 1 aliphatic rings. The van der Waals surface area contributed by atoms with Gasteiger partial charge in [-0.15, -0.1) is 5.10 Å². The predicted molar refractivity (Wildman–Crippen MR) is 117 cm³/mol. The van der Waals surface area contributed by atoms with E-state index in [-0.39, 0.29) is 23.9 Å². The number of carbonyl (C=O) groups is 1. The number of hydrogen-bond donors (Lipinski definition) is 1. The fourth-order valence-electron chi connectivity index (χ4n) is 3.78. The highest BCUT2D eigenvalue weighted by atomic mass is 32.1. The number of hydrogen-bond acceptors (Lipinski definition) is 5. The third kappa shape index (κ3) is 4.62. The molecule has 0 spiro atoms. The molecule has 30 heavy (non-hydrogen) atoms. The molecule has 0 saturated heterocycles. The summed E-state index contributed by atoms with van der Waals surface area (Å²) >= 11 is 5.22. The van der Waals surface area contributed by atoms with Crippen LogP contribution < -0.4 is 10.1 Å². The third-order valence-corrected chi connectivity index (χ3v) is 5.66. The van der Waals surface area contributed by atoms with E-state index in [4.69, 9.17) is 21.4 Å². The molecule has 1 heterocycles. The first-order chi connectivity index (χ1) is 14.5. The van der Waals surface area contributed by atoms with E-state index in [0.29, 0.717) is 5.89 Å². The first kappa shape index (κ1) is 20.3. The lowest BCUT2D eigenvalue weighted by atomic mass is 9.92. The minimum atomic E-state index is -0.209. The van der Waals surface area contributed by atoms with Gasteiger partial charge in [0.05, 0.1) is 0 Å². The molecule has 1 aliphatic carbocycles. The summed E-state index contributed by atoms with van der Waals surface area (Å²) in [5, 5.41) is 7.23. The van der Waals surface area contributed by atoms with Crippen molar-refractivity contribution in [2.75, 3.05) is 5.32 Å². The Bertz CT molecular complexity index is 1110. The molecule has 0 unspecified atom stereocenters. The van der Waals surface area contributed by atoms with Crippen LogP contribution in [0.1, 0.15) is 41.0 Å². The summed E-state index contributed by atoms with van der Waals surface area (Å²) in [5.41, 5.74) is 5.59. The number of nitrogens with zero attached hydrogens (tertiary/aromatic N) is 2. The minimum Gasteiger partial charge on any atom is -0.484 e. The van der Waals surface area contributed by atoms with E-state index in [0.717, 1.165) is 35.4 Å². The second-order valence-electron chi connectivity index (χ2n) is 7.66. The normalized spacial score (nSPS) is 13.0. The van der Waals surface area contributed by atoms with Gasteiger partial charge in [-0.2, -0.15) is 0 Å². The molecule has 1 amide bonds. The van der Waals surface area contributed by atoms with Crippen molar-refractivity contribution in [3.63, 3.8) is 0 Å². The lowest BCUT2D eigenvalue weighted by Crippen LogP contribution is -2.20. The van der Waals surface area contributed by atoms with E-state index in [9.17, 15) is 4.79 Å². The Kier molecular flexibility index (Phi) is 5.99. The van der Waals surface area contributed by atoms with Gasteiger partial charge in [0, 0.05) is 5.69 Å². The standard InChI is InChI=1S/C23H25N3O3S/c1-15-6-5-7-16(2)22(15)24-20(27)13-26-23(30)29-21(25-26)14-28-19-11-10-17-8-3-4-9-18(17)12-19/h5-7,10-12H,3-4,8-9,13-14H2,1-2H3,(H,24,27). The maximum absolute atomic E-state index is 12.5. The smallest absolute Gasteiger partial charge is 0.287 e. The number of benzene rings is 2. The maximum atomic E-state index is 12.5. The average molecular weight is 424 g/mol. The lowest BCUT2D eigenvalue weighted by molar-refractivity contribution is -0.117. The maximum Gasteiger partial charge on any atom is 0.287 e. The van der Waals surface area contributed by atoms with Crippen LogP contribution in [-0.2, 0) is 30.8 Å². The van der Waals surface area contributed by atoms with Crippen molar-refractivity contribution in [1.29, 1.82) is 0 Å². The Morgan fingerprint density at radius 2 is 1.90 bits per heavy atom. The number of aromatic nitrogens is 2. The van der Waals surface area contributed by atoms with Crippen molar-refractivity contribution in [3.05, 3.63) is 69.4 Å². The molecule has 7 heteroatoms. The molecule has 0 fully saturated rings. The van der Waals surface area contributed by atoms with Gasteiger partial charge in [-0.3, -0.25) is 4.79 Å². The summed E-state index contributed by atoms with van der Waals surface area (Å²) < 4.78 is 12.7. The first-order valence-corrected chi connectivity index (χ1v) is 10.6. The highest BCUT2D eigenvalue weighted by molar-refractivity contribution is 7.71. The topological polar surface area (TPSA) is 69.3 Å². The quantitative estimate of drug-likeness (QED) is 0.570. The molecule has 0 aliphatic heterocycles. The van der Waals surface area contributed by atoms with Gasteiger partial charge in [-0.1, -0.05) is 24.3 Å². The predicted octanol–water partition coefficient (Wildman–Crippen LogP) is 4.92. The number of carbonyl (C=O) groups excluding carboxylic acids is 1. The summed E-state index contributed by atoms with van der Waals surface area (Å²) in [6.07, 6.45) is 4.71. The Hall–Kier alpha value is -2.93. The molecule has 0 bridgehead atoms. The molecule has 156 valence electrons. The van der Waals surface area contributed by atoms with Crippen molar-refractivity contribution < 1.29 is 13.9 Å². The highest BCUT2D eigenvalue weighted by Crippen LogP contribution is 2.25. The minimum absolute atomic E-state index is 0.0189. The van der Waals surface area contributed by atoms with Gasteiger partial charge < -0.3 is 14.5 Å². The zero-order valence-electron chi connectivity index (χ0n) is 17.2. The van der Waals surface area contributed by atoms with Crippen LogP contribution in [0.5, 0.6) is 5.75 Å². The van der Waals surface area contributed by atoms with Gasteiger partial charge in [0.25, 0.3) is 10.7 Å². The van der Waals surface area contributed by atoms with E-state index in [2.05, 4.69) is 22.5 Å². The van der Waals surface area contributed by atoms with Crippen LogP contribution in [0.2, 0.25) is 0 Å².